The lowest BCUT2D eigenvalue weighted by atomic mass is 10.0. The summed E-state index contributed by atoms with van der Waals surface area (Å²) >= 11 is 0. The van der Waals surface area contributed by atoms with Crippen molar-refractivity contribution in [3.8, 4) is 0 Å². The quantitative estimate of drug-likeness (QED) is 0.516. The second kappa shape index (κ2) is 8.48. The van der Waals surface area contributed by atoms with Gasteiger partial charge in [0.2, 0.25) is 10.0 Å². The molecular formula is C17H30N4O2S. The van der Waals surface area contributed by atoms with E-state index < -0.39 is 15.6 Å². The van der Waals surface area contributed by atoms with Crippen LogP contribution in [-0.2, 0) is 10.0 Å². The number of benzene rings is 1. The maximum atomic E-state index is 11.4. The Morgan fingerprint density at radius 2 is 1.92 bits per heavy atom. The molecule has 0 spiro atoms. The molecule has 0 aliphatic carbocycles. The molecule has 136 valence electrons. The normalized spacial score (nSPS) is 14.3. The number of aryl methyl sites for hydroxylation is 1. The van der Waals surface area contributed by atoms with Gasteiger partial charge < -0.3 is 10.6 Å². The van der Waals surface area contributed by atoms with Gasteiger partial charge in [-0.2, -0.15) is 0 Å². The number of aliphatic imine (C=N–C) groups is 1. The molecule has 0 radical (unpaired) electrons. The predicted molar refractivity (Wildman–Crippen MR) is 101 cm³/mol. The maximum absolute atomic E-state index is 11.4. The lowest BCUT2D eigenvalue weighted by molar-refractivity contribution is 0.464. The summed E-state index contributed by atoms with van der Waals surface area (Å²) in [6.07, 6.45) is 1.15. The van der Waals surface area contributed by atoms with Gasteiger partial charge in [0.25, 0.3) is 0 Å². The first-order chi connectivity index (χ1) is 11.0. The molecule has 0 fully saturated rings. The zero-order chi connectivity index (χ0) is 18.4. The number of guanidine groups is 1. The first kappa shape index (κ1) is 20.4. The number of hydrogen-bond donors (Lipinski definition) is 3. The number of rotatable bonds is 7. The van der Waals surface area contributed by atoms with Crippen molar-refractivity contribution < 1.29 is 8.42 Å². The molecular weight excluding hydrogens is 324 g/mol. The van der Waals surface area contributed by atoms with Gasteiger partial charge in [-0.1, -0.05) is 24.3 Å². The summed E-state index contributed by atoms with van der Waals surface area (Å²) in [5.74, 6) is 0.664. The topological polar surface area (TPSA) is 82.6 Å². The van der Waals surface area contributed by atoms with Gasteiger partial charge in [-0.3, -0.25) is 4.99 Å². The maximum Gasteiger partial charge on any atom is 0.209 e. The fourth-order valence-corrected chi connectivity index (χ4v) is 3.55. The van der Waals surface area contributed by atoms with Crippen molar-refractivity contribution in [1.29, 1.82) is 0 Å². The fourth-order valence-electron chi connectivity index (χ4n) is 2.49. The molecule has 1 rings (SSSR count). The highest BCUT2D eigenvalue weighted by molar-refractivity contribution is 7.88. The fraction of sp³-hybridized carbons (Fsp3) is 0.588. The molecule has 0 amide bonds. The lowest BCUT2D eigenvalue weighted by Gasteiger charge is -2.24. The minimum Gasteiger partial charge on any atom is -0.357 e. The molecule has 0 saturated heterocycles. The average Bonchev–Trinajstić information content (AvgIpc) is 2.43. The Morgan fingerprint density at radius 3 is 2.46 bits per heavy atom. The highest BCUT2D eigenvalue weighted by Gasteiger charge is 2.22. The molecule has 0 heterocycles. The Bertz CT molecular complexity index is 669. The molecule has 24 heavy (non-hydrogen) atoms. The zero-order valence-corrected chi connectivity index (χ0v) is 16.3. The smallest absolute Gasteiger partial charge is 0.209 e. The molecule has 0 bridgehead atoms. The number of nitrogens with zero attached hydrogens (tertiary/aromatic N) is 1. The molecule has 0 aromatic heterocycles. The van der Waals surface area contributed by atoms with E-state index in [4.69, 9.17) is 0 Å². The standard InChI is InChI=1S/C17H30N4O2S/c1-7-18-16(19-12-17(4,5)21-24(6,22)23)20-14(3)15-11-9-8-10-13(15)2/h8-11,14,21H,7,12H2,1-6H3,(H2,18,19,20). The second-order valence-electron chi connectivity index (χ2n) is 6.68. The van der Waals surface area contributed by atoms with Crippen molar-refractivity contribution >= 4 is 16.0 Å². The molecule has 1 aromatic carbocycles. The van der Waals surface area contributed by atoms with Gasteiger partial charge in [0.05, 0.1) is 18.8 Å². The molecule has 1 atom stereocenters. The van der Waals surface area contributed by atoms with Crippen LogP contribution in [0.15, 0.2) is 29.3 Å². The predicted octanol–water partition coefficient (Wildman–Crippen LogP) is 1.94. The molecule has 1 unspecified atom stereocenters. The summed E-state index contributed by atoms with van der Waals surface area (Å²) in [6, 6.07) is 8.30. The van der Waals surface area contributed by atoms with E-state index in [0.717, 1.165) is 12.8 Å². The first-order valence-electron chi connectivity index (χ1n) is 8.13. The van der Waals surface area contributed by atoms with E-state index in [2.05, 4.69) is 46.3 Å². The van der Waals surface area contributed by atoms with Crippen molar-refractivity contribution in [2.24, 2.45) is 4.99 Å². The summed E-state index contributed by atoms with van der Waals surface area (Å²) < 4.78 is 25.5. The Balaban J connectivity index is 2.84. The number of sulfonamides is 1. The van der Waals surface area contributed by atoms with Gasteiger partial charge in [0.15, 0.2) is 5.96 Å². The van der Waals surface area contributed by atoms with E-state index >= 15 is 0 Å². The van der Waals surface area contributed by atoms with Crippen LogP contribution in [0, 0.1) is 6.92 Å². The molecule has 0 aliphatic heterocycles. The van der Waals surface area contributed by atoms with Crippen molar-refractivity contribution in [1.82, 2.24) is 15.4 Å². The molecule has 3 N–H and O–H groups in total. The average molecular weight is 355 g/mol. The molecule has 0 saturated carbocycles. The third-order valence-electron chi connectivity index (χ3n) is 3.45. The number of hydrogen-bond acceptors (Lipinski definition) is 3. The van der Waals surface area contributed by atoms with Crippen molar-refractivity contribution in [2.75, 3.05) is 19.3 Å². The summed E-state index contributed by atoms with van der Waals surface area (Å²) in [5, 5.41) is 6.57. The minimum atomic E-state index is -3.27. The van der Waals surface area contributed by atoms with Gasteiger partial charge in [-0.25, -0.2) is 13.1 Å². The highest BCUT2D eigenvalue weighted by atomic mass is 32.2. The highest BCUT2D eigenvalue weighted by Crippen LogP contribution is 2.16. The van der Waals surface area contributed by atoms with Gasteiger partial charge in [0, 0.05) is 12.1 Å². The van der Waals surface area contributed by atoms with E-state index in [1.54, 1.807) is 0 Å². The zero-order valence-electron chi connectivity index (χ0n) is 15.5. The van der Waals surface area contributed by atoms with Gasteiger partial charge in [-0.05, 0) is 45.7 Å². The molecule has 1 aromatic rings. The van der Waals surface area contributed by atoms with E-state index in [1.165, 1.54) is 11.1 Å². The monoisotopic (exact) mass is 354 g/mol. The van der Waals surface area contributed by atoms with Crippen LogP contribution >= 0.6 is 0 Å². The van der Waals surface area contributed by atoms with Gasteiger partial charge in [-0.15, -0.1) is 0 Å². The van der Waals surface area contributed by atoms with Crippen LogP contribution in [0.4, 0.5) is 0 Å². The SMILES string of the molecule is CCNC(=NCC(C)(C)NS(C)(=O)=O)NC(C)c1ccccc1C. The summed E-state index contributed by atoms with van der Waals surface area (Å²) in [7, 11) is -3.27. The minimum absolute atomic E-state index is 0.0926. The summed E-state index contributed by atoms with van der Waals surface area (Å²) in [4.78, 5) is 4.53. The second-order valence-corrected chi connectivity index (χ2v) is 8.42. The van der Waals surface area contributed by atoms with Gasteiger partial charge in [0.1, 0.15) is 0 Å². The van der Waals surface area contributed by atoms with E-state index in [-0.39, 0.29) is 6.04 Å². The summed E-state index contributed by atoms with van der Waals surface area (Å²) in [6.45, 7) is 10.8. The molecule has 7 heteroatoms. The van der Waals surface area contributed by atoms with Crippen LogP contribution < -0.4 is 15.4 Å². The van der Waals surface area contributed by atoms with Crippen LogP contribution in [0.25, 0.3) is 0 Å². The first-order valence-corrected chi connectivity index (χ1v) is 10.0. The van der Waals surface area contributed by atoms with Crippen LogP contribution in [0.1, 0.15) is 44.9 Å². The van der Waals surface area contributed by atoms with Crippen LogP contribution in [0.2, 0.25) is 0 Å². The third kappa shape index (κ3) is 7.31. The van der Waals surface area contributed by atoms with E-state index in [1.807, 2.05) is 32.9 Å². The van der Waals surface area contributed by atoms with Crippen molar-refractivity contribution in [3.63, 3.8) is 0 Å². The lowest BCUT2D eigenvalue weighted by Crippen LogP contribution is -2.47. The van der Waals surface area contributed by atoms with Crippen LogP contribution in [0.3, 0.4) is 0 Å². The Labute approximate surface area is 146 Å². The number of nitrogens with one attached hydrogen (secondary N) is 3. The van der Waals surface area contributed by atoms with Crippen LogP contribution in [0.5, 0.6) is 0 Å². The van der Waals surface area contributed by atoms with E-state index in [9.17, 15) is 8.42 Å². The Hall–Kier alpha value is -1.60. The Morgan fingerprint density at radius 1 is 1.29 bits per heavy atom. The van der Waals surface area contributed by atoms with Gasteiger partial charge >= 0.3 is 0 Å². The summed E-state index contributed by atoms with van der Waals surface area (Å²) in [5.41, 5.74) is 1.77. The molecule has 6 nitrogen and oxygen atoms in total. The largest absolute Gasteiger partial charge is 0.357 e. The van der Waals surface area contributed by atoms with Crippen molar-refractivity contribution in [3.05, 3.63) is 35.4 Å². The Kier molecular flexibility index (Phi) is 7.23. The van der Waals surface area contributed by atoms with E-state index in [0.29, 0.717) is 12.5 Å². The molecule has 0 aliphatic rings. The van der Waals surface area contributed by atoms with Crippen molar-refractivity contribution in [2.45, 2.75) is 46.2 Å². The van der Waals surface area contributed by atoms with Crippen LogP contribution in [-0.4, -0.2) is 39.3 Å². The third-order valence-corrected chi connectivity index (χ3v) is 4.37.